The molecule has 2 aromatic carbocycles. The minimum Gasteiger partial charge on any atom is -0.507 e. The van der Waals surface area contributed by atoms with Crippen LogP contribution in [0.1, 0.15) is 43.5 Å². The number of likely N-dealkylation sites (tertiary alicyclic amines) is 1. The third-order valence-corrected chi connectivity index (χ3v) is 5.87. The number of rotatable bonds is 7. The molecular formula is C26H28N2O4. The van der Waals surface area contributed by atoms with Crippen molar-refractivity contribution in [1.29, 1.82) is 0 Å². The smallest absolute Gasteiger partial charge is 0.295 e. The molecule has 0 bridgehead atoms. The lowest BCUT2D eigenvalue weighted by atomic mass is 9.94. The lowest BCUT2D eigenvalue weighted by Crippen LogP contribution is -2.33. The average Bonchev–Trinajstić information content (AvgIpc) is 3.32. The lowest BCUT2D eigenvalue weighted by Gasteiger charge is -2.25. The Morgan fingerprint density at radius 1 is 1.12 bits per heavy atom. The molecule has 2 heterocycles. The van der Waals surface area contributed by atoms with Crippen molar-refractivity contribution in [2.75, 3.05) is 13.2 Å². The van der Waals surface area contributed by atoms with E-state index in [9.17, 15) is 14.7 Å². The Morgan fingerprint density at radius 3 is 2.53 bits per heavy atom. The molecule has 1 amide bonds. The summed E-state index contributed by atoms with van der Waals surface area (Å²) >= 11 is 0. The van der Waals surface area contributed by atoms with Crippen LogP contribution in [0.4, 0.5) is 0 Å². The maximum atomic E-state index is 13.1. The highest BCUT2D eigenvalue weighted by atomic mass is 16.5. The van der Waals surface area contributed by atoms with E-state index in [-0.39, 0.29) is 24.0 Å². The number of hydrogen-bond donors (Lipinski definition) is 2. The van der Waals surface area contributed by atoms with Crippen molar-refractivity contribution >= 4 is 28.4 Å². The van der Waals surface area contributed by atoms with E-state index < -0.39 is 17.7 Å². The summed E-state index contributed by atoms with van der Waals surface area (Å²) in [6.45, 7) is 6.44. The predicted molar refractivity (Wildman–Crippen MR) is 124 cm³/mol. The SMILES string of the molecule is CCc1ccc(/C(O)=C2\C(=O)C(=O)N(CCOC(C)C)C2c2c[nH]c3ccccc23)cc1. The zero-order chi connectivity index (χ0) is 22.8. The fraction of sp³-hybridized carbons (Fsp3) is 0.308. The first kappa shape index (κ1) is 21.8. The number of benzene rings is 2. The van der Waals surface area contributed by atoms with Crippen molar-refractivity contribution in [3.05, 3.63) is 77.0 Å². The number of hydrogen-bond acceptors (Lipinski definition) is 4. The fourth-order valence-electron chi connectivity index (χ4n) is 4.19. The number of aryl methyl sites for hydroxylation is 1. The average molecular weight is 433 g/mol. The van der Waals surface area contributed by atoms with Gasteiger partial charge >= 0.3 is 0 Å². The first-order chi connectivity index (χ1) is 15.4. The van der Waals surface area contributed by atoms with Crippen molar-refractivity contribution < 1.29 is 19.4 Å². The van der Waals surface area contributed by atoms with Gasteiger partial charge in [-0.15, -0.1) is 0 Å². The van der Waals surface area contributed by atoms with Crippen LogP contribution in [0.25, 0.3) is 16.7 Å². The summed E-state index contributed by atoms with van der Waals surface area (Å²) in [7, 11) is 0. The third kappa shape index (κ3) is 3.94. The van der Waals surface area contributed by atoms with Gasteiger partial charge in [-0.05, 0) is 31.9 Å². The summed E-state index contributed by atoms with van der Waals surface area (Å²) in [5.41, 5.74) is 3.42. The Balaban J connectivity index is 1.84. The number of aliphatic hydroxyl groups excluding tert-OH is 1. The number of aromatic amines is 1. The van der Waals surface area contributed by atoms with Crippen LogP contribution in [0.15, 0.2) is 60.3 Å². The van der Waals surface area contributed by atoms with Crippen LogP contribution < -0.4 is 0 Å². The van der Waals surface area contributed by atoms with Crippen molar-refractivity contribution in [3.63, 3.8) is 0 Å². The van der Waals surface area contributed by atoms with Gasteiger partial charge in [0.15, 0.2) is 0 Å². The number of nitrogens with one attached hydrogen (secondary N) is 1. The van der Waals surface area contributed by atoms with Gasteiger partial charge in [0.05, 0.1) is 24.3 Å². The number of amides is 1. The molecule has 1 saturated heterocycles. The molecule has 32 heavy (non-hydrogen) atoms. The van der Waals surface area contributed by atoms with Crippen molar-refractivity contribution in [3.8, 4) is 0 Å². The van der Waals surface area contributed by atoms with Crippen molar-refractivity contribution in [1.82, 2.24) is 9.88 Å². The number of para-hydroxylation sites is 1. The van der Waals surface area contributed by atoms with Gasteiger partial charge in [0.1, 0.15) is 5.76 Å². The predicted octanol–water partition coefficient (Wildman–Crippen LogP) is 4.58. The zero-order valence-electron chi connectivity index (χ0n) is 18.6. The number of aliphatic hydroxyl groups is 1. The molecule has 1 aliphatic rings. The van der Waals surface area contributed by atoms with Crippen molar-refractivity contribution in [2.45, 2.75) is 39.3 Å². The van der Waals surface area contributed by atoms with E-state index in [0.29, 0.717) is 12.2 Å². The Morgan fingerprint density at radius 2 is 1.84 bits per heavy atom. The first-order valence-corrected chi connectivity index (χ1v) is 11.0. The van der Waals surface area contributed by atoms with Gasteiger partial charge < -0.3 is 19.7 Å². The Labute approximate surface area is 187 Å². The molecule has 0 aliphatic carbocycles. The van der Waals surface area contributed by atoms with E-state index in [0.717, 1.165) is 28.5 Å². The fourth-order valence-corrected chi connectivity index (χ4v) is 4.19. The summed E-state index contributed by atoms with van der Waals surface area (Å²) in [4.78, 5) is 30.9. The summed E-state index contributed by atoms with van der Waals surface area (Å²) in [5.74, 6) is -1.46. The molecule has 6 nitrogen and oxygen atoms in total. The quantitative estimate of drug-likeness (QED) is 0.325. The van der Waals surface area contributed by atoms with Gasteiger partial charge in [0.2, 0.25) is 0 Å². The molecule has 1 aromatic heterocycles. The number of fused-ring (bicyclic) bond motifs is 1. The molecule has 1 aliphatic heterocycles. The normalized spacial score (nSPS) is 18.2. The third-order valence-electron chi connectivity index (χ3n) is 5.87. The number of ether oxygens (including phenoxy) is 1. The Bertz CT molecular complexity index is 1170. The van der Waals surface area contributed by atoms with E-state index in [2.05, 4.69) is 11.9 Å². The van der Waals surface area contributed by atoms with Gasteiger partial charge in [-0.1, -0.05) is 49.4 Å². The van der Waals surface area contributed by atoms with E-state index in [1.807, 2.05) is 56.4 Å². The highest BCUT2D eigenvalue weighted by Gasteiger charge is 2.46. The summed E-state index contributed by atoms with van der Waals surface area (Å²) in [6, 6.07) is 14.4. The number of nitrogens with zero attached hydrogens (tertiary/aromatic N) is 1. The maximum absolute atomic E-state index is 13.1. The van der Waals surface area contributed by atoms with Crippen molar-refractivity contribution in [2.24, 2.45) is 0 Å². The van der Waals surface area contributed by atoms with Crippen LogP contribution in [0.3, 0.4) is 0 Å². The molecule has 1 fully saturated rings. The van der Waals surface area contributed by atoms with E-state index in [4.69, 9.17) is 4.74 Å². The molecule has 6 heteroatoms. The maximum Gasteiger partial charge on any atom is 0.295 e. The molecule has 0 spiro atoms. The second-order valence-corrected chi connectivity index (χ2v) is 8.25. The molecule has 2 N–H and O–H groups in total. The van der Waals surface area contributed by atoms with E-state index >= 15 is 0 Å². The van der Waals surface area contributed by atoms with Crippen LogP contribution in [0.2, 0.25) is 0 Å². The topological polar surface area (TPSA) is 82.6 Å². The number of carbonyl (C=O) groups is 2. The van der Waals surface area contributed by atoms with Gasteiger partial charge in [-0.25, -0.2) is 0 Å². The van der Waals surface area contributed by atoms with Crippen LogP contribution in [0.5, 0.6) is 0 Å². The van der Waals surface area contributed by atoms with Gasteiger partial charge in [0, 0.05) is 34.8 Å². The Hall–Kier alpha value is -3.38. The second-order valence-electron chi connectivity index (χ2n) is 8.25. The van der Waals surface area contributed by atoms with E-state index in [1.165, 1.54) is 4.90 Å². The monoisotopic (exact) mass is 432 g/mol. The van der Waals surface area contributed by atoms with Crippen LogP contribution in [-0.2, 0) is 20.7 Å². The molecule has 4 rings (SSSR count). The van der Waals surface area contributed by atoms with Gasteiger partial charge in [-0.2, -0.15) is 0 Å². The summed E-state index contributed by atoms with van der Waals surface area (Å²) in [6.07, 6.45) is 2.69. The highest BCUT2D eigenvalue weighted by Crippen LogP contribution is 2.41. The highest BCUT2D eigenvalue weighted by molar-refractivity contribution is 6.46. The molecule has 0 saturated carbocycles. The molecule has 166 valence electrons. The number of H-pyrrole nitrogens is 1. The first-order valence-electron chi connectivity index (χ1n) is 11.0. The van der Waals surface area contributed by atoms with Crippen LogP contribution in [0, 0.1) is 0 Å². The summed E-state index contributed by atoms with van der Waals surface area (Å²) in [5, 5.41) is 12.1. The number of carbonyl (C=O) groups excluding carboxylic acids is 2. The second kappa shape index (κ2) is 9.01. The molecule has 3 aromatic rings. The van der Waals surface area contributed by atoms with Crippen LogP contribution in [-0.4, -0.2) is 45.9 Å². The number of ketones is 1. The summed E-state index contributed by atoms with van der Waals surface area (Å²) < 4.78 is 5.65. The van der Waals surface area contributed by atoms with Gasteiger partial charge in [0.25, 0.3) is 11.7 Å². The van der Waals surface area contributed by atoms with Crippen LogP contribution >= 0.6 is 0 Å². The Kier molecular flexibility index (Phi) is 6.15. The zero-order valence-corrected chi connectivity index (χ0v) is 18.6. The van der Waals surface area contributed by atoms with Gasteiger partial charge in [-0.3, -0.25) is 9.59 Å². The standard InChI is InChI=1S/C26H28N2O4/c1-4-17-9-11-18(12-10-17)24(29)22-23(20-15-27-21-8-6-5-7-19(20)21)28(26(31)25(22)30)13-14-32-16(2)3/h5-12,15-16,23,27,29H,4,13-14H2,1-3H3/b24-22+. The minimum absolute atomic E-state index is 0.00967. The molecule has 1 unspecified atom stereocenters. The minimum atomic E-state index is -0.701. The molecule has 0 radical (unpaired) electrons. The molecule has 1 atom stereocenters. The largest absolute Gasteiger partial charge is 0.507 e. The molecular weight excluding hydrogens is 404 g/mol. The number of aromatic nitrogens is 1. The van der Waals surface area contributed by atoms with E-state index in [1.54, 1.807) is 12.1 Å². The lowest BCUT2D eigenvalue weighted by molar-refractivity contribution is -0.140. The number of Topliss-reactive ketones (excluding diaryl/α,β-unsaturated/α-hetero) is 1.